The topological polar surface area (TPSA) is 32.3 Å². The zero-order valence-electron chi connectivity index (χ0n) is 7.35. The maximum atomic E-state index is 11.6. The van der Waals surface area contributed by atoms with Crippen molar-refractivity contribution in [2.24, 2.45) is 0 Å². The lowest BCUT2D eigenvalue weighted by molar-refractivity contribution is -0.132. The Morgan fingerprint density at radius 3 is 3.00 bits per heavy atom. The molecule has 1 N–H and O–H groups in total. The van der Waals surface area contributed by atoms with E-state index in [1.165, 1.54) is 0 Å². The molecule has 0 bridgehead atoms. The van der Waals surface area contributed by atoms with E-state index < -0.39 is 0 Å². The van der Waals surface area contributed by atoms with Gasteiger partial charge in [0.1, 0.15) is 6.04 Å². The van der Waals surface area contributed by atoms with Gasteiger partial charge in [0, 0.05) is 13.1 Å². The van der Waals surface area contributed by atoms with Gasteiger partial charge in [-0.1, -0.05) is 0 Å². The van der Waals surface area contributed by atoms with Crippen LogP contribution < -0.4 is 4.84 Å². The number of rotatable bonds is 2. The monoisotopic (exact) mass is 190 g/mol. The van der Waals surface area contributed by atoms with E-state index in [0.717, 1.165) is 32.4 Å². The third-order valence-electron chi connectivity index (χ3n) is 2.29. The first kappa shape index (κ1) is 9.81. The van der Waals surface area contributed by atoms with E-state index in [0.29, 0.717) is 0 Å². The van der Waals surface area contributed by atoms with Crippen molar-refractivity contribution in [1.82, 2.24) is 9.74 Å². The minimum absolute atomic E-state index is 0.144. The van der Waals surface area contributed by atoms with Crippen LogP contribution in [0.15, 0.2) is 0 Å². The summed E-state index contributed by atoms with van der Waals surface area (Å²) >= 11 is 5.47. The highest BCUT2D eigenvalue weighted by Crippen LogP contribution is 2.11. The van der Waals surface area contributed by atoms with Crippen LogP contribution in [0.2, 0.25) is 0 Å². The Hall–Kier alpha value is -0.280. The molecule has 0 saturated carbocycles. The molecule has 0 aromatic rings. The normalized spacial score (nSPS) is 25.7. The van der Waals surface area contributed by atoms with Gasteiger partial charge in [-0.15, -0.1) is 0 Å². The third-order valence-corrected chi connectivity index (χ3v) is 2.56. The van der Waals surface area contributed by atoms with E-state index in [-0.39, 0.29) is 11.9 Å². The Morgan fingerprint density at radius 2 is 2.42 bits per heavy atom. The summed E-state index contributed by atoms with van der Waals surface area (Å²) in [7, 11) is 0. The van der Waals surface area contributed by atoms with Crippen molar-refractivity contribution >= 4 is 17.7 Å². The summed E-state index contributed by atoms with van der Waals surface area (Å²) in [5.41, 5.74) is 0. The second-order valence-electron chi connectivity index (χ2n) is 3.08. The maximum Gasteiger partial charge on any atom is 0.240 e. The Labute approximate surface area is 78.2 Å². The fraction of sp³-hybridized carbons (Fsp3) is 0.875. The summed E-state index contributed by atoms with van der Waals surface area (Å²) in [6.45, 7) is 3.66. The van der Waals surface area contributed by atoms with Gasteiger partial charge >= 0.3 is 0 Å². The molecule has 3 nitrogen and oxygen atoms in total. The number of amides is 1. The van der Waals surface area contributed by atoms with Crippen LogP contribution in [0, 0.1) is 0 Å². The van der Waals surface area contributed by atoms with Crippen molar-refractivity contribution in [3.05, 3.63) is 0 Å². The average Bonchev–Trinajstić information content (AvgIpc) is 2.27. The number of likely N-dealkylation sites (tertiary alicyclic amines) is 1. The molecule has 1 atom stereocenters. The van der Waals surface area contributed by atoms with Crippen molar-refractivity contribution in [1.29, 1.82) is 0 Å². The van der Waals surface area contributed by atoms with Crippen LogP contribution in [0.3, 0.4) is 0 Å². The molecular weight excluding hydrogens is 176 g/mol. The highest BCUT2D eigenvalue weighted by atomic mass is 35.5. The first-order valence-electron chi connectivity index (χ1n) is 4.44. The van der Waals surface area contributed by atoms with Gasteiger partial charge < -0.3 is 4.90 Å². The Kier molecular flexibility index (Phi) is 3.82. The zero-order chi connectivity index (χ0) is 8.97. The maximum absolute atomic E-state index is 11.6. The molecule has 0 aliphatic carbocycles. The standard InChI is InChI=1S/C8H15ClN2O/c1-2-11-6-4-3-5-7(10-9)8(11)12/h7,10H,2-6H2,1H3/t7-/m0/s1. The summed E-state index contributed by atoms with van der Waals surface area (Å²) in [4.78, 5) is 16.0. The summed E-state index contributed by atoms with van der Waals surface area (Å²) in [5, 5.41) is 0. The number of nitrogens with zero attached hydrogens (tertiary/aromatic N) is 1. The number of hydrogen-bond acceptors (Lipinski definition) is 2. The quantitative estimate of drug-likeness (QED) is 0.663. The van der Waals surface area contributed by atoms with Gasteiger partial charge in [-0.2, -0.15) is 0 Å². The molecule has 0 aromatic heterocycles. The molecule has 0 spiro atoms. The molecule has 1 heterocycles. The van der Waals surface area contributed by atoms with Crippen LogP contribution in [-0.4, -0.2) is 29.9 Å². The zero-order valence-corrected chi connectivity index (χ0v) is 8.10. The molecule has 1 fully saturated rings. The van der Waals surface area contributed by atoms with E-state index in [1.54, 1.807) is 0 Å². The van der Waals surface area contributed by atoms with Crippen LogP contribution in [0.4, 0.5) is 0 Å². The summed E-state index contributed by atoms with van der Waals surface area (Å²) in [6, 6.07) is -0.172. The minimum Gasteiger partial charge on any atom is -0.342 e. The smallest absolute Gasteiger partial charge is 0.240 e. The van der Waals surface area contributed by atoms with Crippen molar-refractivity contribution < 1.29 is 4.79 Å². The molecule has 0 unspecified atom stereocenters. The SMILES string of the molecule is CCN1CCCC[C@H](NCl)C1=O. The number of nitrogens with one attached hydrogen (secondary N) is 1. The summed E-state index contributed by atoms with van der Waals surface area (Å²) in [5.74, 6) is 0.144. The molecule has 1 saturated heterocycles. The minimum atomic E-state index is -0.172. The van der Waals surface area contributed by atoms with Crippen molar-refractivity contribution in [2.75, 3.05) is 13.1 Å². The van der Waals surface area contributed by atoms with Crippen LogP contribution in [-0.2, 0) is 4.79 Å². The highest BCUT2D eigenvalue weighted by Gasteiger charge is 2.24. The lowest BCUT2D eigenvalue weighted by Gasteiger charge is -2.21. The largest absolute Gasteiger partial charge is 0.342 e. The van der Waals surface area contributed by atoms with Crippen molar-refractivity contribution in [3.63, 3.8) is 0 Å². The van der Waals surface area contributed by atoms with Crippen LogP contribution in [0.5, 0.6) is 0 Å². The number of hydrogen-bond donors (Lipinski definition) is 1. The molecule has 1 amide bonds. The van der Waals surface area contributed by atoms with Crippen LogP contribution >= 0.6 is 11.8 Å². The Morgan fingerprint density at radius 1 is 1.67 bits per heavy atom. The van der Waals surface area contributed by atoms with Gasteiger partial charge in [0.05, 0.1) is 0 Å². The number of carbonyl (C=O) groups is 1. The van der Waals surface area contributed by atoms with Gasteiger partial charge in [-0.25, -0.2) is 4.84 Å². The number of likely N-dealkylation sites (N-methyl/N-ethyl adjacent to an activating group) is 1. The Bertz CT molecular complexity index is 147. The van der Waals surface area contributed by atoms with E-state index in [2.05, 4.69) is 4.84 Å². The van der Waals surface area contributed by atoms with Crippen LogP contribution in [0.1, 0.15) is 26.2 Å². The molecule has 12 heavy (non-hydrogen) atoms. The van der Waals surface area contributed by atoms with Crippen LogP contribution in [0.25, 0.3) is 0 Å². The van der Waals surface area contributed by atoms with Gasteiger partial charge in [0.2, 0.25) is 5.91 Å². The number of carbonyl (C=O) groups excluding carboxylic acids is 1. The molecule has 1 aliphatic rings. The van der Waals surface area contributed by atoms with Gasteiger partial charge in [-0.05, 0) is 38.0 Å². The predicted octanol–water partition coefficient (Wildman–Crippen LogP) is 1.13. The fourth-order valence-corrected chi connectivity index (χ4v) is 1.72. The molecule has 4 heteroatoms. The average molecular weight is 191 g/mol. The molecule has 1 rings (SSSR count). The molecule has 0 radical (unpaired) electrons. The fourth-order valence-electron chi connectivity index (χ4n) is 1.52. The highest BCUT2D eigenvalue weighted by molar-refractivity contribution is 6.15. The summed E-state index contributed by atoms with van der Waals surface area (Å²) < 4.78 is 0. The molecule has 1 aliphatic heterocycles. The van der Waals surface area contributed by atoms with Gasteiger partial charge in [0.15, 0.2) is 0 Å². The lowest BCUT2D eigenvalue weighted by atomic mass is 10.1. The second-order valence-corrected chi connectivity index (χ2v) is 3.29. The van der Waals surface area contributed by atoms with E-state index in [4.69, 9.17) is 11.8 Å². The second kappa shape index (κ2) is 4.67. The van der Waals surface area contributed by atoms with Gasteiger partial charge in [-0.3, -0.25) is 4.79 Å². The van der Waals surface area contributed by atoms with E-state index >= 15 is 0 Å². The molecule has 70 valence electrons. The first-order valence-corrected chi connectivity index (χ1v) is 4.82. The molecule has 0 aromatic carbocycles. The van der Waals surface area contributed by atoms with E-state index in [1.807, 2.05) is 11.8 Å². The van der Waals surface area contributed by atoms with Crippen molar-refractivity contribution in [2.45, 2.75) is 32.2 Å². The summed E-state index contributed by atoms with van der Waals surface area (Å²) in [6.07, 6.45) is 3.03. The first-order chi connectivity index (χ1) is 5.79. The van der Waals surface area contributed by atoms with E-state index in [9.17, 15) is 4.79 Å². The van der Waals surface area contributed by atoms with Gasteiger partial charge in [0.25, 0.3) is 0 Å². The molecular formula is C8H15ClN2O. The predicted molar refractivity (Wildman–Crippen MR) is 48.9 cm³/mol. The van der Waals surface area contributed by atoms with Crippen molar-refractivity contribution in [3.8, 4) is 0 Å². The Balaban J connectivity index is 2.59. The third kappa shape index (κ3) is 2.11. The lowest BCUT2D eigenvalue weighted by Crippen LogP contribution is -2.42. The number of halogens is 1.